The number of H-pyrrole nitrogens is 2. The number of nitrogens with zero attached hydrogens (tertiary/aromatic N) is 4. The maximum absolute atomic E-state index is 13.9. The average molecular weight is 766 g/mol. The van der Waals surface area contributed by atoms with Crippen molar-refractivity contribution < 1.29 is 23.9 Å². The molecule has 3 aliphatic heterocycles. The maximum atomic E-state index is 13.9. The summed E-state index contributed by atoms with van der Waals surface area (Å²) >= 11 is 1.87. The Kier molecular flexibility index (Phi) is 11.3. The number of hydrogen-bond acceptors (Lipinski definition) is 8. The molecule has 3 fully saturated rings. The number of imidazole rings is 2. The molecule has 3 N–H and O–H groups in total. The van der Waals surface area contributed by atoms with Gasteiger partial charge in [-0.05, 0) is 60.6 Å². The molecule has 0 aliphatic carbocycles. The van der Waals surface area contributed by atoms with E-state index in [4.69, 9.17) is 19.4 Å². The molecule has 4 atom stereocenters. The predicted molar refractivity (Wildman–Crippen MR) is 213 cm³/mol. The standard InChI is InChI=1S/C42H51N7O5S/c1-25(2)27(5)39(50)49-35(24-55-42(49)17-20-54-21-18-42)37-43-23-33(46-37)30-14-11-28(12-15-30)9-10-29-13-16-31-32(22-29)45-38(44-31)34-8-7-19-48(34)40(51)36(26(3)4)47-41(52)53-6/h11-16,22-23,25-27,34-36H,7-8,17-21,24H2,1-6H3,(H,43,46)(H,44,45)(H,47,52)/t27-,34-,35-,36-/m0/s1. The highest BCUT2D eigenvalue weighted by atomic mass is 32.2. The largest absolute Gasteiger partial charge is 0.453 e. The summed E-state index contributed by atoms with van der Waals surface area (Å²) in [5.41, 5.74) is 5.27. The first-order valence-corrected chi connectivity index (χ1v) is 20.3. The number of aromatic nitrogens is 4. The van der Waals surface area contributed by atoms with Crippen LogP contribution in [0.25, 0.3) is 22.3 Å². The Labute approximate surface area is 326 Å². The molecule has 3 amide bonds. The van der Waals surface area contributed by atoms with Crippen molar-refractivity contribution in [2.45, 2.75) is 83.3 Å². The molecule has 0 radical (unpaired) electrons. The number of carbonyl (C=O) groups is 3. The van der Waals surface area contributed by atoms with Crippen LogP contribution in [0.1, 0.15) is 95.2 Å². The van der Waals surface area contributed by atoms with Gasteiger partial charge >= 0.3 is 6.09 Å². The lowest BCUT2D eigenvalue weighted by molar-refractivity contribution is -0.144. The van der Waals surface area contributed by atoms with E-state index in [1.807, 2.05) is 86.1 Å². The molecule has 7 rings (SSSR count). The number of ether oxygens (including phenoxy) is 2. The second-order valence-corrected chi connectivity index (χ2v) is 16.9. The summed E-state index contributed by atoms with van der Waals surface area (Å²) in [5.74, 6) is 9.04. The molecule has 4 aromatic rings. The number of fused-ring (bicyclic) bond motifs is 1. The van der Waals surface area contributed by atoms with E-state index >= 15 is 0 Å². The summed E-state index contributed by atoms with van der Waals surface area (Å²) in [6.07, 6.45) is 4.53. The van der Waals surface area contributed by atoms with E-state index in [0.29, 0.717) is 19.8 Å². The molecule has 0 bridgehead atoms. The first-order valence-electron chi connectivity index (χ1n) is 19.3. The van der Waals surface area contributed by atoms with Gasteiger partial charge in [-0.25, -0.2) is 14.8 Å². The lowest BCUT2D eigenvalue weighted by Crippen LogP contribution is -2.52. The summed E-state index contributed by atoms with van der Waals surface area (Å²) in [4.78, 5) is 59.8. The Morgan fingerprint density at radius 3 is 2.38 bits per heavy atom. The Balaban J connectivity index is 1.04. The Morgan fingerprint density at radius 1 is 0.945 bits per heavy atom. The van der Waals surface area contributed by atoms with Gasteiger partial charge in [0.1, 0.15) is 23.7 Å². The van der Waals surface area contributed by atoms with Crippen LogP contribution in [0.4, 0.5) is 4.79 Å². The van der Waals surface area contributed by atoms with Gasteiger partial charge < -0.3 is 34.6 Å². The van der Waals surface area contributed by atoms with Gasteiger partial charge in [0.15, 0.2) is 0 Å². The number of carbonyl (C=O) groups excluding carboxylic acids is 3. The number of thioether (sulfide) groups is 1. The molecule has 55 heavy (non-hydrogen) atoms. The van der Waals surface area contributed by atoms with Gasteiger partial charge in [-0.2, -0.15) is 0 Å². The summed E-state index contributed by atoms with van der Waals surface area (Å²) in [6, 6.07) is 12.9. The zero-order valence-corrected chi connectivity index (χ0v) is 33.3. The zero-order chi connectivity index (χ0) is 38.9. The number of benzene rings is 2. The molecular weight excluding hydrogens is 715 g/mol. The fourth-order valence-electron chi connectivity index (χ4n) is 7.79. The summed E-state index contributed by atoms with van der Waals surface area (Å²) < 4.78 is 10.5. The molecule has 12 nitrogen and oxygen atoms in total. The zero-order valence-electron chi connectivity index (χ0n) is 32.5. The van der Waals surface area contributed by atoms with Gasteiger partial charge in [0.25, 0.3) is 0 Å². The summed E-state index contributed by atoms with van der Waals surface area (Å²) in [7, 11) is 1.29. The van der Waals surface area contributed by atoms with E-state index < -0.39 is 12.1 Å². The highest BCUT2D eigenvalue weighted by molar-refractivity contribution is 8.00. The van der Waals surface area contributed by atoms with Crippen LogP contribution in [0.5, 0.6) is 0 Å². The van der Waals surface area contributed by atoms with Gasteiger partial charge in [-0.15, -0.1) is 11.8 Å². The minimum absolute atomic E-state index is 0.0788. The maximum Gasteiger partial charge on any atom is 0.407 e. The minimum atomic E-state index is -0.687. The van der Waals surface area contributed by atoms with Crippen LogP contribution in [0.3, 0.4) is 0 Å². The molecular formula is C42H51N7O5S. The topological polar surface area (TPSA) is 146 Å². The number of hydrogen-bond donors (Lipinski definition) is 3. The third-order valence-electron chi connectivity index (χ3n) is 11.4. The quantitative estimate of drug-likeness (QED) is 0.166. The van der Waals surface area contributed by atoms with Crippen LogP contribution < -0.4 is 5.32 Å². The first kappa shape index (κ1) is 38.5. The van der Waals surface area contributed by atoms with E-state index in [-0.39, 0.29) is 46.5 Å². The number of likely N-dealkylation sites (tertiary alicyclic amines) is 1. The van der Waals surface area contributed by atoms with E-state index in [2.05, 4.69) is 45.9 Å². The van der Waals surface area contributed by atoms with Crippen LogP contribution in [0.2, 0.25) is 0 Å². The van der Waals surface area contributed by atoms with Gasteiger partial charge in [0.05, 0.1) is 40.9 Å². The Bertz CT molecular complexity index is 2090. The molecule has 0 unspecified atom stereocenters. The molecule has 290 valence electrons. The SMILES string of the molecule is COC(=O)N[C@H](C(=O)N1CCC[C@H]1c1nc2ccc(C#Cc3ccc(-c4cnc([C@@H]5CSC6(CCOCC6)N5C(=O)[C@@H](C)C(C)C)[nH]4)cc3)cc2[nH]1)C(C)C. The highest BCUT2D eigenvalue weighted by Gasteiger charge is 2.52. The molecule has 3 saturated heterocycles. The number of amides is 3. The Morgan fingerprint density at radius 2 is 1.67 bits per heavy atom. The molecule has 2 aromatic heterocycles. The minimum Gasteiger partial charge on any atom is -0.453 e. The van der Waals surface area contributed by atoms with Crippen LogP contribution >= 0.6 is 11.8 Å². The van der Waals surface area contributed by atoms with Gasteiger partial charge in [0.2, 0.25) is 11.8 Å². The van der Waals surface area contributed by atoms with E-state index in [0.717, 1.165) is 76.5 Å². The number of alkyl carbamates (subject to hydrolysis) is 1. The smallest absolute Gasteiger partial charge is 0.407 e. The van der Waals surface area contributed by atoms with E-state index in [1.54, 1.807) is 0 Å². The van der Waals surface area contributed by atoms with Gasteiger partial charge in [0, 0.05) is 55.4 Å². The number of rotatable bonds is 8. The van der Waals surface area contributed by atoms with Crippen molar-refractivity contribution in [2.75, 3.05) is 32.6 Å². The average Bonchev–Trinajstić information content (AvgIpc) is 4.01. The monoisotopic (exact) mass is 765 g/mol. The van der Waals surface area contributed by atoms with Gasteiger partial charge in [-0.3, -0.25) is 9.59 Å². The van der Waals surface area contributed by atoms with Crippen molar-refractivity contribution in [1.29, 1.82) is 0 Å². The molecule has 1 spiro atoms. The van der Waals surface area contributed by atoms with E-state index in [9.17, 15) is 14.4 Å². The van der Waals surface area contributed by atoms with Crippen LogP contribution in [-0.4, -0.2) is 91.2 Å². The van der Waals surface area contributed by atoms with E-state index in [1.165, 1.54) is 7.11 Å². The van der Waals surface area contributed by atoms with Crippen molar-refractivity contribution in [3.8, 4) is 23.1 Å². The van der Waals surface area contributed by atoms with Crippen LogP contribution in [0.15, 0.2) is 48.7 Å². The molecule has 3 aliphatic rings. The normalized spacial score (nSPS) is 20.5. The van der Waals surface area contributed by atoms with Crippen LogP contribution in [-0.2, 0) is 19.1 Å². The van der Waals surface area contributed by atoms with Crippen molar-refractivity contribution in [3.05, 3.63) is 71.4 Å². The fourth-order valence-corrected chi connectivity index (χ4v) is 9.37. The molecule has 13 heteroatoms. The van der Waals surface area contributed by atoms with Crippen LogP contribution in [0, 0.1) is 29.6 Å². The number of methoxy groups -OCH3 is 1. The summed E-state index contributed by atoms with van der Waals surface area (Å²) in [5, 5.41) is 2.70. The predicted octanol–water partition coefficient (Wildman–Crippen LogP) is 6.81. The lowest BCUT2D eigenvalue weighted by Gasteiger charge is -2.43. The van der Waals surface area contributed by atoms with Crippen molar-refractivity contribution in [1.82, 2.24) is 35.1 Å². The summed E-state index contributed by atoms with van der Waals surface area (Å²) in [6.45, 7) is 12.0. The second-order valence-electron chi connectivity index (χ2n) is 15.5. The second kappa shape index (κ2) is 16.1. The third-order valence-corrected chi connectivity index (χ3v) is 13.0. The highest BCUT2D eigenvalue weighted by Crippen LogP contribution is 2.51. The molecule has 5 heterocycles. The third kappa shape index (κ3) is 7.85. The number of nitrogens with one attached hydrogen (secondary N) is 3. The first-order chi connectivity index (χ1) is 26.5. The molecule has 2 aromatic carbocycles. The van der Waals surface area contributed by atoms with Crippen molar-refractivity contribution in [3.63, 3.8) is 0 Å². The number of aromatic amines is 2. The fraction of sp³-hybridized carbons (Fsp3) is 0.500. The van der Waals surface area contributed by atoms with Crippen molar-refractivity contribution in [2.24, 2.45) is 17.8 Å². The molecule has 0 saturated carbocycles. The Hall–Kier alpha value is -4.80. The van der Waals surface area contributed by atoms with Gasteiger partial charge in [-0.1, -0.05) is 58.6 Å². The lowest BCUT2D eigenvalue weighted by atomic mass is 9.93. The van der Waals surface area contributed by atoms with Crippen molar-refractivity contribution >= 4 is 40.7 Å².